The summed E-state index contributed by atoms with van der Waals surface area (Å²) in [4.78, 5) is 12.5. The van der Waals surface area contributed by atoms with Crippen molar-refractivity contribution >= 4 is 25.6 Å². The van der Waals surface area contributed by atoms with Gasteiger partial charge < -0.3 is 9.64 Å². The van der Waals surface area contributed by atoms with Gasteiger partial charge in [-0.3, -0.25) is 4.79 Å². The van der Waals surface area contributed by atoms with Crippen LogP contribution in [0.2, 0.25) is 0 Å². The number of likely N-dealkylation sites (N-methyl/N-ethyl adjacent to an activating group) is 1. The zero-order chi connectivity index (χ0) is 13.8. The molecule has 18 heavy (non-hydrogen) atoms. The van der Waals surface area contributed by atoms with Crippen LogP contribution in [0.5, 0.6) is 5.75 Å². The van der Waals surface area contributed by atoms with E-state index in [9.17, 15) is 13.2 Å². The van der Waals surface area contributed by atoms with Crippen LogP contribution in [-0.4, -0.2) is 39.4 Å². The van der Waals surface area contributed by atoms with Crippen molar-refractivity contribution in [3.8, 4) is 5.75 Å². The van der Waals surface area contributed by atoms with Crippen molar-refractivity contribution in [1.82, 2.24) is 4.90 Å². The van der Waals surface area contributed by atoms with Crippen molar-refractivity contribution in [3.63, 3.8) is 0 Å². The number of halogens is 1. The molecule has 5 nitrogen and oxygen atoms in total. The number of nitrogens with zero attached hydrogens (tertiary/aromatic N) is 1. The Hall–Kier alpha value is -1.27. The molecule has 7 heteroatoms. The molecule has 0 fully saturated rings. The second-order valence-corrected chi connectivity index (χ2v) is 6.26. The van der Waals surface area contributed by atoms with Crippen LogP contribution in [0.1, 0.15) is 6.92 Å². The first-order chi connectivity index (χ1) is 8.30. The summed E-state index contributed by atoms with van der Waals surface area (Å²) in [6, 6.07) is 5.77. The van der Waals surface area contributed by atoms with E-state index < -0.39 is 9.05 Å². The lowest BCUT2D eigenvalue weighted by Crippen LogP contribution is -2.28. The Morgan fingerprint density at radius 2 is 1.89 bits per heavy atom. The standard InChI is InChI=1S/C11H14ClNO4S/c1-9(14)13(2)7-8-17-10-3-5-11(6-4-10)18(12,15)16/h3-6H,7-8H2,1-2H3. The van der Waals surface area contributed by atoms with E-state index in [0.717, 1.165) is 0 Å². The molecule has 0 heterocycles. The molecule has 1 amide bonds. The Balaban J connectivity index is 2.52. The highest BCUT2D eigenvalue weighted by atomic mass is 35.7. The van der Waals surface area contributed by atoms with Gasteiger partial charge in [0.1, 0.15) is 12.4 Å². The summed E-state index contributed by atoms with van der Waals surface area (Å²) in [5.41, 5.74) is 0. The third-order valence-electron chi connectivity index (χ3n) is 2.34. The minimum Gasteiger partial charge on any atom is -0.492 e. The van der Waals surface area contributed by atoms with Gasteiger partial charge in [0.25, 0.3) is 9.05 Å². The number of carbonyl (C=O) groups excluding carboxylic acids is 1. The largest absolute Gasteiger partial charge is 0.492 e. The van der Waals surface area contributed by atoms with Crippen LogP contribution in [0.15, 0.2) is 29.2 Å². The predicted molar refractivity (Wildman–Crippen MR) is 68.3 cm³/mol. The van der Waals surface area contributed by atoms with Crippen molar-refractivity contribution in [3.05, 3.63) is 24.3 Å². The lowest BCUT2D eigenvalue weighted by atomic mass is 10.3. The molecule has 0 saturated carbocycles. The Morgan fingerprint density at radius 3 is 2.33 bits per heavy atom. The van der Waals surface area contributed by atoms with E-state index in [-0.39, 0.29) is 10.8 Å². The normalized spacial score (nSPS) is 11.1. The summed E-state index contributed by atoms with van der Waals surface area (Å²) in [6.45, 7) is 2.27. The number of hydrogen-bond acceptors (Lipinski definition) is 4. The molecule has 0 aliphatic rings. The fourth-order valence-corrected chi connectivity index (χ4v) is 1.93. The van der Waals surface area contributed by atoms with E-state index in [4.69, 9.17) is 15.4 Å². The molecular formula is C11H14ClNO4S. The second kappa shape index (κ2) is 6.06. The molecule has 0 spiro atoms. The van der Waals surface area contributed by atoms with Crippen molar-refractivity contribution < 1.29 is 17.9 Å². The van der Waals surface area contributed by atoms with Crippen molar-refractivity contribution in [2.24, 2.45) is 0 Å². The number of amides is 1. The number of ether oxygens (including phenoxy) is 1. The lowest BCUT2D eigenvalue weighted by molar-refractivity contribution is -0.127. The molecular weight excluding hydrogens is 278 g/mol. The smallest absolute Gasteiger partial charge is 0.261 e. The number of hydrogen-bond donors (Lipinski definition) is 0. The molecule has 0 aromatic heterocycles. The molecule has 0 bridgehead atoms. The van der Waals surface area contributed by atoms with Crippen LogP contribution in [0.25, 0.3) is 0 Å². The van der Waals surface area contributed by atoms with E-state index in [0.29, 0.717) is 18.9 Å². The number of rotatable bonds is 5. The van der Waals surface area contributed by atoms with E-state index >= 15 is 0 Å². The molecule has 0 aliphatic carbocycles. The molecule has 0 N–H and O–H groups in total. The molecule has 1 aromatic carbocycles. The van der Waals surface area contributed by atoms with Crippen molar-refractivity contribution in [2.75, 3.05) is 20.2 Å². The molecule has 0 unspecified atom stereocenters. The topological polar surface area (TPSA) is 63.7 Å². The van der Waals surface area contributed by atoms with Gasteiger partial charge in [-0.2, -0.15) is 0 Å². The Labute approximate surface area is 111 Å². The zero-order valence-electron chi connectivity index (χ0n) is 10.1. The Bertz CT molecular complexity index is 512. The Morgan fingerprint density at radius 1 is 1.33 bits per heavy atom. The SMILES string of the molecule is CC(=O)N(C)CCOc1ccc(S(=O)(=O)Cl)cc1. The average Bonchev–Trinajstić information content (AvgIpc) is 2.28. The molecule has 100 valence electrons. The van der Waals surface area contributed by atoms with Crippen LogP contribution in [-0.2, 0) is 13.8 Å². The highest BCUT2D eigenvalue weighted by molar-refractivity contribution is 8.13. The van der Waals surface area contributed by atoms with Crippen LogP contribution < -0.4 is 4.74 Å². The second-order valence-electron chi connectivity index (χ2n) is 3.70. The van der Waals surface area contributed by atoms with Gasteiger partial charge in [-0.25, -0.2) is 8.42 Å². The van der Waals surface area contributed by atoms with Crippen molar-refractivity contribution in [2.45, 2.75) is 11.8 Å². The average molecular weight is 292 g/mol. The lowest BCUT2D eigenvalue weighted by Gasteiger charge is -2.15. The zero-order valence-corrected chi connectivity index (χ0v) is 11.7. The molecule has 0 aliphatic heterocycles. The summed E-state index contributed by atoms with van der Waals surface area (Å²) >= 11 is 0. The number of carbonyl (C=O) groups is 1. The third kappa shape index (κ3) is 4.54. The van der Waals surface area contributed by atoms with Crippen LogP contribution in [0.3, 0.4) is 0 Å². The van der Waals surface area contributed by atoms with Crippen LogP contribution >= 0.6 is 10.7 Å². The molecule has 0 radical (unpaired) electrons. The van der Waals surface area contributed by atoms with Gasteiger partial charge in [0, 0.05) is 24.7 Å². The number of benzene rings is 1. The summed E-state index contributed by atoms with van der Waals surface area (Å²) < 4.78 is 27.4. The molecule has 1 aromatic rings. The van der Waals surface area contributed by atoms with Gasteiger partial charge in [-0.05, 0) is 24.3 Å². The Kier molecular flexibility index (Phi) is 4.98. The quantitative estimate of drug-likeness (QED) is 0.771. The molecule has 0 atom stereocenters. The highest BCUT2D eigenvalue weighted by Gasteiger charge is 2.09. The fraction of sp³-hybridized carbons (Fsp3) is 0.364. The third-order valence-corrected chi connectivity index (χ3v) is 3.71. The van der Waals surface area contributed by atoms with Gasteiger partial charge in [-0.15, -0.1) is 0 Å². The minimum atomic E-state index is -3.70. The first kappa shape index (κ1) is 14.8. The minimum absolute atomic E-state index is 0.0253. The van der Waals surface area contributed by atoms with Gasteiger partial charge in [-0.1, -0.05) is 0 Å². The van der Waals surface area contributed by atoms with E-state index in [1.807, 2.05) is 0 Å². The fourth-order valence-electron chi connectivity index (χ4n) is 1.16. The molecule has 1 rings (SSSR count). The maximum absolute atomic E-state index is 11.0. The van der Waals surface area contributed by atoms with Gasteiger partial charge >= 0.3 is 0 Å². The van der Waals surface area contributed by atoms with Crippen LogP contribution in [0, 0.1) is 0 Å². The maximum atomic E-state index is 11.0. The van der Waals surface area contributed by atoms with E-state index in [2.05, 4.69) is 0 Å². The summed E-state index contributed by atoms with van der Waals surface area (Å²) in [5.74, 6) is 0.484. The highest BCUT2D eigenvalue weighted by Crippen LogP contribution is 2.18. The summed E-state index contributed by atoms with van der Waals surface area (Å²) in [5, 5.41) is 0. The van der Waals surface area contributed by atoms with Crippen molar-refractivity contribution in [1.29, 1.82) is 0 Å². The maximum Gasteiger partial charge on any atom is 0.261 e. The van der Waals surface area contributed by atoms with Crippen LogP contribution in [0.4, 0.5) is 0 Å². The first-order valence-corrected chi connectivity index (χ1v) is 7.51. The van der Waals surface area contributed by atoms with E-state index in [1.165, 1.54) is 36.1 Å². The van der Waals surface area contributed by atoms with Gasteiger partial charge in [0.15, 0.2) is 0 Å². The molecule has 0 saturated heterocycles. The monoisotopic (exact) mass is 291 g/mol. The van der Waals surface area contributed by atoms with Gasteiger partial charge in [0.05, 0.1) is 11.4 Å². The van der Waals surface area contributed by atoms with Gasteiger partial charge in [0.2, 0.25) is 5.91 Å². The first-order valence-electron chi connectivity index (χ1n) is 5.20. The summed E-state index contributed by atoms with van der Waals surface area (Å²) in [6.07, 6.45) is 0. The summed E-state index contributed by atoms with van der Waals surface area (Å²) in [7, 11) is 3.15. The van der Waals surface area contributed by atoms with E-state index in [1.54, 1.807) is 7.05 Å². The predicted octanol–water partition coefficient (Wildman–Crippen LogP) is 1.47.